The predicted molar refractivity (Wildman–Crippen MR) is 110 cm³/mol. The molecule has 3 aromatic rings. The van der Waals surface area contributed by atoms with Gasteiger partial charge in [-0.05, 0) is 41.0 Å². The summed E-state index contributed by atoms with van der Waals surface area (Å²) in [5.41, 5.74) is 4.32. The van der Waals surface area contributed by atoms with E-state index in [4.69, 9.17) is 16.3 Å². The molecule has 134 valence electrons. The van der Waals surface area contributed by atoms with Crippen molar-refractivity contribution in [1.29, 1.82) is 0 Å². The lowest BCUT2D eigenvalue weighted by Gasteiger charge is -2.18. The van der Waals surface area contributed by atoms with Crippen LogP contribution >= 0.6 is 11.6 Å². The minimum Gasteiger partial charge on any atom is -0.497 e. The van der Waals surface area contributed by atoms with Gasteiger partial charge < -0.3 is 9.64 Å². The van der Waals surface area contributed by atoms with E-state index in [0.717, 1.165) is 28.1 Å². The Balaban J connectivity index is 1.83. The van der Waals surface area contributed by atoms with E-state index in [-0.39, 0.29) is 5.91 Å². The molecule has 0 aromatic heterocycles. The van der Waals surface area contributed by atoms with E-state index in [2.05, 4.69) is 0 Å². The van der Waals surface area contributed by atoms with E-state index in [9.17, 15) is 4.79 Å². The third-order valence-corrected chi connectivity index (χ3v) is 5.04. The minimum atomic E-state index is -0.0490. The van der Waals surface area contributed by atoms with E-state index in [1.807, 2.05) is 72.8 Å². The van der Waals surface area contributed by atoms with Gasteiger partial charge in [0, 0.05) is 0 Å². The standard InChI is InChI=1S/C23H18ClNO2/c1-27-18-13-11-17(12-14-18)22-19(16-7-3-2-4-8-16)15-25(23(22)26)21-10-6-5-9-20(21)24/h2-14H,15H2,1H3. The molecule has 0 radical (unpaired) electrons. The number of carbonyl (C=O) groups excluding carboxylic acids is 1. The molecule has 3 aromatic carbocycles. The van der Waals surface area contributed by atoms with Crippen LogP contribution in [0.2, 0.25) is 5.02 Å². The molecule has 4 heteroatoms. The number of methoxy groups -OCH3 is 1. The van der Waals surface area contributed by atoms with Crippen molar-refractivity contribution < 1.29 is 9.53 Å². The molecule has 4 rings (SSSR count). The number of rotatable bonds is 4. The van der Waals surface area contributed by atoms with Gasteiger partial charge in [0.15, 0.2) is 0 Å². The Labute approximate surface area is 163 Å². The van der Waals surface area contributed by atoms with Crippen molar-refractivity contribution in [2.24, 2.45) is 0 Å². The molecule has 0 saturated heterocycles. The first-order chi connectivity index (χ1) is 13.2. The average Bonchev–Trinajstić information content (AvgIpc) is 3.06. The Morgan fingerprint density at radius 1 is 0.852 bits per heavy atom. The first-order valence-corrected chi connectivity index (χ1v) is 9.06. The van der Waals surface area contributed by atoms with Gasteiger partial charge in [-0.25, -0.2) is 0 Å². The van der Waals surface area contributed by atoms with E-state index in [0.29, 0.717) is 17.1 Å². The predicted octanol–water partition coefficient (Wildman–Crippen LogP) is 5.31. The Morgan fingerprint density at radius 2 is 1.52 bits per heavy atom. The van der Waals surface area contributed by atoms with Crippen LogP contribution < -0.4 is 9.64 Å². The number of para-hydroxylation sites is 1. The van der Waals surface area contributed by atoms with Crippen molar-refractivity contribution in [1.82, 2.24) is 0 Å². The van der Waals surface area contributed by atoms with Crippen LogP contribution in [0.15, 0.2) is 78.9 Å². The van der Waals surface area contributed by atoms with E-state index in [1.54, 1.807) is 18.1 Å². The third-order valence-electron chi connectivity index (χ3n) is 4.72. The summed E-state index contributed by atoms with van der Waals surface area (Å²) >= 11 is 6.37. The smallest absolute Gasteiger partial charge is 0.259 e. The number of ether oxygens (including phenoxy) is 1. The first-order valence-electron chi connectivity index (χ1n) is 8.68. The van der Waals surface area contributed by atoms with Crippen LogP contribution in [0.25, 0.3) is 11.1 Å². The molecule has 1 aliphatic heterocycles. The summed E-state index contributed by atoms with van der Waals surface area (Å²) < 4.78 is 5.25. The molecular weight excluding hydrogens is 358 g/mol. The molecule has 0 unspecified atom stereocenters. The first kappa shape index (κ1) is 17.4. The maximum absolute atomic E-state index is 13.4. The molecule has 1 amide bonds. The summed E-state index contributed by atoms with van der Waals surface area (Å²) in [7, 11) is 1.63. The molecule has 1 aliphatic rings. The van der Waals surface area contributed by atoms with Gasteiger partial charge >= 0.3 is 0 Å². The summed E-state index contributed by atoms with van der Waals surface area (Å²) in [5.74, 6) is 0.709. The molecule has 0 atom stereocenters. The van der Waals surface area contributed by atoms with Gasteiger partial charge in [-0.2, -0.15) is 0 Å². The topological polar surface area (TPSA) is 29.5 Å². The highest BCUT2D eigenvalue weighted by molar-refractivity contribution is 6.39. The van der Waals surface area contributed by atoms with Gasteiger partial charge in [-0.1, -0.05) is 66.2 Å². The molecule has 27 heavy (non-hydrogen) atoms. The van der Waals surface area contributed by atoms with Gasteiger partial charge in [0.25, 0.3) is 5.91 Å². The van der Waals surface area contributed by atoms with Crippen LogP contribution in [-0.2, 0) is 4.79 Å². The second-order valence-electron chi connectivity index (χ2n) is 6.29. The van der Waals surface area contributed by atoms with Crippen molar-refractivity contribution in [2.75, 3.05) is 18.6 Å². The Bertz CT molecular complexity index is 1010. The number of benzene rings is 3. The maximum Gasteiger partial charge on any atom is 0.259 e. The fourth-order valence-corrected chi connectivity index (χ4v) is 3.61. The van der Waals surface area contributed by atoms with Crippen molar-refractivity contribution in [3.05, 3.63) is 95.0 Å². The van der Waals surface area contributed by atoms with Crippen molar-refractivity contribution >= 4 is 34.3 Å². The number of halogens is 1. The SMILES string of the molecule is COc1ccc(C2=C(c3ccccc3)CN(c3ccccc3Cl)C2=O)cc1. The quantitative estimate of drug-likeness (QED) is 0.618. The Hall–Kier alpha value is -3.04. The van der Waals surface area contributed by atoms with E-state index >= 15 is 0 Å². The van der Waals surface area contributed by atoms with Crippen LogP contribution in [0.1, 0.15) is 11.1 Å². The summed E-state index contributed by atoms with van der Waals surface area (Å²) in [6, 6.07) is 25.0. The fourth-order valence-electron chi connectivity index (χ4n) is 3.37. The van der Waals surface area contributed by atoms with Crippen LogP contribution in [0, 0.1) is 0 Å². The van der Waals surface area contributed by atoms with Crippen LogP contribution in [0.5, 0.6) is 5.75 Å². The molecule has 1 heterocycles. The number of nitrogens with zero attached hydrogens (tertiary/aromatic N) is 1. The van der Waals surface area contributed by atoms with Gasteiger partial charge in [0.05, 0.1) is 29.9 Å². The molecule has 0 bridgehead atoms. The monoisotopic (exact) mass is 375 g/mol. The fraction of sp³-hybridized carbons (Fsp3) is 0.0870. The van der Waals surface area contributed by atoms with Gasteiger partial charge in [0.2, 0.25) is 0 Å². The highest BCUT2D eigenvalue weighted by Crippen LogP contribution is 2.39. The van der Waals surface area contributed by atoms with Gasteiger partial charge in [-0.3, -0.25) is 4.79 Å². The second-order valence-corrected chi connectivity index (χ2v) is 6.70. The molecule has 0 spiro atoms. The second kappa shape index (κ2) is 7.29. The number of amides is 1. The lowest BCUT2D eigenvalue weighted by molar-refractivity contribution is -0.112. The highest BCUT2D eigenvalue weighted by atomic mass is 35.5. The summed E-state index contributed by atoms with van der Waals surface area (Å²) in [6.07, 6.45) is 0. The number of carbonyl (C=O) groups is 1. The zero-order chi connectivity index (χ0) is 18.8. The minimum absolute atomic E-state index is 0.0490. The molecule has 0 N–H and O–H groups in total. The molecular formula is C23H18ClNO2. The van der Waals surface area contributed by atoms with E-state index < -0.39 is 0 Å². The van der Waals surface area contributed by atoms with Crippen LogP contribution in [0.4, 0.5) is 5.69 Å². The summed E-state index contributed by atoms with van der Waals surface area (Å²) in [5, 5.41) is 0.564. The third kappa shape index (κ3) is 3.22. The highest BCUT2D eigenvalue weighted by Gasteiger charge is 2.33. The van der Waals surface area contributed by atoms with Crippen molar-refractivity contribution in [3.8, 4) is 5.75 Å². The maximum atomic E-state index is 13.4. The van der Waals surface area contributed by atoms with Crippen LogP contribution in [-0.4, -0.2) is 19.6 Å². The molecule has 3 nitrogen and oxygen atoms in total. The van der Waals surface area contributed by atoms with Crippen LogP contribution in [0.3, 0.4) is 0 Å². The zero-order valence-electron chi connectivity index (χ0n) is 14.9. The van der Waals surface area contributed by atoms with Crippen molar-refractivity contribution in [3.63, 3.8) is 0 Å². The molecule has 0 fully saturated rings. The van der Waals surface area contributed by atoms with E-state index in [1.165, 1.54) is 0 Å². The normalized spacial score (nSPS) is 14.0. The number of hydrogen-bond acceptors (Lipinski definition) is 2. The molecule has 0 aliphatic carbocycles. The van der Waals surface area contributed by atoms with Gasteiger partial charge in [0.1, 0.15) is 5.75 Å². The zero-order valence-corrected chi connectivity index (χ0v) is 15.6. The number of anilines is 1. The Morgan fingerprint density at radius 3 is 2.19 bits per heavy atom. The molecule has 0 saturated carbocycles. The summed E-state index contributed by atoms with van der Waals surface area (Å²) in [6.45, 7) is 0.480. The largest absolute Gasteiger partial charge is 0.497 e. The Kier molecular flexibility index (Phi) is 4.69. The van der Waals surface area contributed by atoms with Gasteiger partial charge in [-0.15, -0.1) is 0 Å². The number of hydrogen-bond donors (Lipinski definition) is 0. The lowest BCUT2D eigenvalue weighted by atomic mass is 9.97. The average molecular weight is 376 g/mol. The van der Waals surface area contributed by atoms with Crippen molar-refractivity contribution in [2.45, 2.75) is 0 Å². The summed E-state index contributed by atoms with van der Waals surface area (Å²) in [4.78, 5) is 15.1. The lowest BCUT2D eigenvalue weighted by Crippen LogP contribution is -2.26.